The van der Waals surface area contributed by atoms with Gasteiger partial charge in [-0.05, 0) is 31.2 Å². The molecular weight excluding hydrogens is 344 g/mol. The van der Waals surface area contributed by atoms with E-state index < -0.39 is 0 Å². The minimum atomic E-state index is -0.0109. The first-order valence-corrected chi connectivity index (χ1v) is 7.39. The van der Waals surface area contributed by atoms with E-state index in [4.69, 9.17) is 4.74 Å². The molecule has 0 unspecified atom stereocenters. The van der Waals surface area contributed by atoms with Crippen molar-refractivity contribution in [2.24, 2.45) is 0 Å². The van der Waals surface area contributed by atoms with E-state index in [1.54, 1.807) is 0 Å². The van der Waals surface area contributed by atoms with Gasteiger partial charge >= 0.3 is 0 Å². The summed E-state index contributed by atoms with van der Waals surface area (Å²) < 4.78 is 6.22. The number of halogens is 2. The first-order valence-electron chi connectivity index (χ1n) is 6.59. The Morgan fingerprint density at radius 1 is 1.35 bits per heavy atom. The maximum Gasteiger partial charge on any atom is 0.251 e. The number of hydrogen-bond acceptors (Lipinski definition) is 3. The van der Waals surface area contributed by atoms with Crippen LogP contribution in [0, 0.1) is 0 Å². The van der Waals surface area contributed by atoms with E-state index >= 15 is 0 Å². The number of carbonyl (C=O) groups is 1. The summed E-state index contributed by atoms with van der Waals surface area (Å²) in [5.41, 5.74) is 0.695. The summed E-state index contributed by atoms with van der Waals surface area (Å²) in [4.78, 5) is 14.3. The topological polar surface area (TPSA) is 41.6 Å². The summed E-state index contributed by atoms with van der Waals surface area (Å²) in [5.74, 6) is -0.0109. The first kappa shape index (κ1) is 17.4. The van der Waals surface area contributed by atoms with Crippen LogP contribution < -0.4 is 5.32 Å². The van der Waals surface area contributed by atoms with Crippen molar-refractivity contribution in [3.8, 4) is 0 Å². The predicted octanol–water partition coefficient (Wildman–Crippen LogP) is 2.32. The Balaban J connectivity index is 0.00000200. The molecule has 1 aromatic carbocycles. The molecule has 112 valence electrons. The monoisotopic (exact) mass is 362 g/mol. The molecule has 1 fully saturated rings. The van der Waals surface area contributed by atoms with Gasteiger partial charge in [0.05, 0.1) is 13.2 Å². The second-order valence-electron chi connectivity index (χ2n) is 4.57. The van der Waals surface area contributed by atoms with Gasteiger partial charge < -0.3 is 10.1 Å². The molecule has 0 aromatic heterocycles. The second-order valence-corrected chi connectivity index (χ2v) is 5.49. The van der Waals surface area contributed by atoms with Gasteiger partial charge in [0.15, 0.2) is 0 Å². The molecule has 0 radical (unpaired) electrons. The van der Waals surface area contributed by atoms with Gasteiger partial charge in [-0.1, -0.05) is 22.0 Å². The van der Waals surface area contributed by atoms with E-state index in [0.717, 1.165) is 43.7 Å². The molecule has 0 spiro atoms. The Labute approximate surface area is 134 Å². The van der Waals surface area contributed by atoms with Crippen molar-refractivity contribution in [1.29, 1.82) is 0 Å². The maximum atomic E-state index is 11.9. The van der Waals surface area contributed by atoms with Crippen molar-refractivity contribution in [3.63, 3.8) is 0 Å². The number of hydrogen-bond donors (Lipinski definition) is 1. The molecule has 1 amide bonds. The average molecular weight is 364 g/mol. The third-order valence-corrected chi connectivity index (χ3v) is 3.62. The molecule has 20 heavy (non-hydrogen) atoms. The summed E-state index contributed by atoms with van der Waals surface area (Å²) >= 11 is 3.37. The van der Waals surface area contributed by atoms with Gasteiger partial charge in [0, 0.05) is 29.7 Å². The van der Waals surface area contributed by atoms with E-state index in [9.17, 15) is 4.79 Å². The standard InChI is InChI=1S/C14H19BrN2O2.ClH/c15-13-4-1-3-12(11-13)14(18)16-5-2-6-17-7-9-19-10-8-17;/h1,3-4,11H,2,5-10H2,(H,16,18);1H. The number of morpholine rings is 1. The lowest BCUT2D eigenvalue weighted by Gasteiger charge is -2.26. The van der Waals surface area contributed by atoms with Crippen LogP contribution in [0.3, 0.4) is 0 Å². The SMILES string of the molecule is Cl.O=C(NCCCN1CCOCC1)c1cccc(Br)c1. The number of carbonyl (C=O) groups excluding carboxylic acids is 1. The Hall–Kier alpha value is -0.620. The number of nitrogens with zero attached hydrogens (tertiary/aromatic N) is 1. The molecule has 0 atom stereocenters. The van der Waals surface area contributed by atoms with Crippen molar-refractivity contribution >= 4 is 34.2 Å². The zero-order chi connectivity index (χ0) is 13.5. The molecule has 1 aliphatic rings. The van der Waals surface area contributed by atoms with Gasteiger partial charge in [-0.3, -0.25) is 9.69 Å². The molecule has 0 aliphatic carbocycles. The fraction of sp³-hybridized carbons (Fsp3) is 0.500. The summed E-state index contributed by atoms with van der Waals surface area (Å²) in [7, 11) is 0. The number of amides is 1. The van der Waals surface area contributed by atoms with Crippen LogP contribution in [0.15, 0.2) is 28.7 Å². The molecule has 2 rings (SSSR count). The van der Waals surface area contributed by atoms with Gasteiger partial charge in [0.2, 0.25) is 0 Å². The Morgan fingerprint density at radius 3 is 2.80 bits per heavy atom. The van der Waals surface area contributed by atoms with E-state index in [1.165, 1.54) is 0 Å². The first-order chi connectivity index (χ1) is 9.25. The van der Waals surface area contributed by atoms with Crippen molar-refractivity contribution < 1.29 is 9.53 Å². The van der Waals surface area contributed by atoms with Crippen LogP contribution in [-0.4, -0.2) is 50.2 Å². The van der Waals surface area contributed by atoms with Crippen molar-refractivity contribution in [2.45, 2.75) is 6.42 Å². The van der Waals surface area contributed by atoms with Gasteiger partial charge in [-0.25, -0.2) is 0 Å². The quantitative estimate of drug-likeness (QED) is 0.816. The molecule has 1 heterocycles. The molecule has 1 N–H and O–H groups in total. The zero-order valence-electron chi connectivity index (χ0n) is 11.3. The minimum absolute atomic E-state index is 0. The van der Waals surface area contributed by atoms with E-state index in [0.29, 0.717) is 12.1 Å². The minimum Gasteiger partial charge on any atom is -0.379 e. The van der Waals surface area contributed by atoms with Crippen LogP contribution in [0.1, 0.15) is 16.8 Å². The van der Waals surface area contributed by atoms with Crippen molar-refractivity contribution in [3.05, 3.63) is 34.3 Å². The predicted molar refractivity (Wildman–Crippen MR) is 85.6 cm³/mol. The average Bonchev–Trinajstić information content (AvgIpc) is 2.44. The van der Waals surface area contributed by atoms with Gasteiger partial charge in [-0.15, -0.1) is 12.4 Å². The lowest BCUT2D eigenvalue weighted by Crippen LogP contribution is -2.38. The van der Waals surface area contributed by atoms with E-state index in [1.807, 2.05) is 24.3 Å². The van der Waals surface area contributed by atoms with Crippen molar-refractivity contribution in [1.82, 2.24) is 10.2 Å². The highest BCUT2D eigenvalue weighted by Gasteiger charge is 2.10. The number of rotatable bonds is 5. The Morgan fingerprint density at radius 2 is 2.10 bits per heavy atom. The summed E-state index contributed by atoms with van der Waals surface area (Å²) in [5, 5.41) is 2.95. The van der Waals surface area contributed by atoms with Gasteiger partial charge in [0.1, 0.15) is 0 Å². The second kappa shape index (κ2) is 9.34. The summed E-state index contributed by atoms with van der Waals surface area (Å²) in [6.45, 7) is 5.37. The molecule has 1 saturated heterocycles. The van der Waals surface area contributed by atoms with Crippen LogP contribution in [-0.2, 0) is 4.74 Å². The zero-order valence-corrected chi connectivity index (χ0v) is 13.7. The molecule has 1 aliphatic heterocycles. The van der Waals surface area contributed by atoms with Gasteiger partial charge in [-0.2, -0.15) is 0 Å². The number of nitrogens with one attached hydrogen (secondary N) is 1. The number of ether oxygens (including phenoxy) is 1. The largest absolute Gasteiger partial charge is 0.379 e. The molecule has 6 heteroatoms. The molecule has 1 aromatic rings. The molecule has 0 saturated carbocycles. The fourth-order valence-corrected chi connectivity index (χ4v) is 2.46. The van der Waals surface area contributed by atoms with Crippen LogP contribution in [0.4, 0.5) is 0 Å². The van der Waals surface area contributed by atoms with E-state index in [2.05, 4.69) is 26.1 Å². The highest BCUT2D eigenvalue weighted by molar-refractivity contribution is 9.10. The lowest BCUT2D eigenvalue weighted by atomic mass is 10.2. The molecule has 4 nitrogen and oxygen atoms in total. The third-order valence-electron chi connectivity index (χ3n) is 3.13. The van der Waals surface area contributed by atoms with Crippen molar-refractivity contribution in [2.75, 3.05) is 39.4 Å². The summed E-state index contributed by atoms with van der Waals surface area (Å²) in [6.07, 6.45) is 0.972. The highest BCUT2D eigenvalue weighted by Crippen LogP contribution is 2.11. The van der Waals surface area contributed by atoms with Crippen LogP contribution in [0.25, 0.3) is 0 Å². The summed E-state index contributed by atoms with van der Waals surface area (Å²) in [6, 6.07) is 7.43. The van der Waals surface area contributed by atoms with Gasteiger partial charge in [0.25, 0.3) is 5.91 Å². The lowest BCUT2D eigenvalue weighted by molar-refractivity contribution is 0.0374. The van der Waals surface area contributed by atoms with Crippen LogP contribution in [0.5, 0.6) is 0 Å². The normalized spacial score (nSPS) is 15.4. The van der Waals surface area contributed by atoms with Crippen LogP contribution in [0.2, 0.25) is 0 Å². The highest BCUT2D eigenvalue weighted by atomic mass is 79.9. The fourth-order valence-electron chi connectivity index (χ4n) is 2.06. The molecule has 0 bridgehead atoms. The van der Waals surface area contributed by atoms with Crippen LogP contribution >= 0.6 is 28.3 Å². The Kier molecular flexibility index (Phi) is 8.14. The maximum absolute atomic E-state index is 11.9. The molecular formula is C14H20BrClN2O2. The Bertz CT molecular complexity index is 425. The smallest absolute Gasteiger partial charge is 0.251 e. The number of benzene rings is 1. The van der Waals surface area contributed by atoms with E-state index in [-0.39, 0.29) is 18.3 Å². The third kappa shape index (κ3) is 5.79.